The molecule has 0 atom stereocenters. The molecular weight excluding hydrogens is 395 g/mol. The van der Waals surface area contributed by atoms with Crippen molar-refractivity contribution in [3.63, 3.8) is 0 Å². The fraction of sp³-hybridized carbons (Fsp3) is 0.250. The first-order chi connectivity index (χ1) is 15.1. The Kier molecular flexibility index (Phi) is 4.94. The van der Waals surface area contributed by atoms with Crippen molar-refractivity contribution in [2.75, 3.05) is 25.6 Å². The van der Waals surface area contributed by atoms with Crippen LogP contribution in [0, 0.1) is 12.7 Å². The number of ether oxygens (including phenoxy) is 2. The Morgan fingerprint density at radius 2 is 2.06 bits per heavy atom. The molecule has 31 heavy (non-hydrogen) atoms. The highest BCUT2D eigenvalue weighted by Gasteiger charge is 2.15. The Morgan fingerprint density at radius 3 is 2.94 bits per heavy atom. The molecule has 5 rings (SSSR count). The molecule has 158 valence electrons. The Bertz CT molecular complexity index is 1270. The first-order valence-electron chi connectivity index (χ1n) is 10.3. The summed E-state index contributed by atoms with van der Waals surface area (Å²) in [6.45, 7) is 3.89. The third-order valence-electron chi connectivity index (χ3n) is 5.69. The van der Waals surface area contributed by atoms with Gasteiger partial charge in [0, 0.05) is 42.2 Å². The number of aryl methyl sites for hydroxylation is 1. The van der Waals surface area contributed by atoms with Crippen LogP contribution in [0.25, 0.3) is 22.2 Å². The van der Waals surface area contributed by atoms with Gasteiger partial charge in [-0.3, -0.25) is 0 Å². The van der Waals surface area contributed by atoms with E-state index in [4.69, 9.17) is 9.47 Å². The van der Waals surface area contributed by atoms with E-state index in [0.717, 1.165) is 46.9 Å². The first kappa shape index (κ1) is 19.4. The maximum Gasteiger partial charge on any atom is 0.147 e. The summed E-state index contributed by atoms with van der Waals surface area (Å²) >= 11 is 0. The summed E-state index contributed by atoms with van der Waals surface area (Å²) in [6.07, 6.45) is 2.48. The van der Waals surface area contributed by atoms with E-state index < -0.39 is 0 Å². The van der Waals surface area contributed by atoms with Gasteiger partial charge in [0.1, 0.15) is 29.5 Å². The number of fused-ring (bicyclic) bond motifs is 2. The van der Waals surface area contributed by atoms with Crippen LogP contribution in [0.3, 0.4) is 0 Å². The van der Waals surface area contributed by atoms with Crippen LogP contribution < -0.4 is 14.8 Å². The minimum atomic E-state index is -0.256. The lowest BCUT2D eigenvalue weighted by Gasteiger charge is -2.12. The van der Waals surface area contributed by atoms with Crippen molar-refractivity contribution < 1.29 is 13.9 Å². The molecule has 0 fully saturated rings. The molecule has 1 aliphatic heterocycles. The Hall–Kier alpha value is -3.61. The zero-order chi connectivity index (χ0) is 21.4. The monoisotopic (exact) mass is 418 g/mol. The lowest BCUT2D eigenvalue weighted by molar-refractivity contribution is 0.357. The van der Waals surface area contributed by atoms with E-state index in [1.807, 2.05) is 35.8 Å². The van der Waals surface area contributed by atoms with Crippen LogP contribution in [0.15, 0.2) is 48.8 Å². The number of methoxy groups -OCH3 is 1. The number of halogens is 1. The van der Waals surface area contributed by atoms with Gasteiger partial charge in [0.2, 0.25) is 0 Å². The zero-order valence-electron chi connectivity index (χ0n) is 17.5. The van der Waals surface area contributed by atoms with E-state index in [0.29, 0.717) is 24.4 Å². The standard InChI is InChI=1S/C24H23FN4O2/c1-15-11-18-22(30-2)6-4-19(25)24(18)29(15)9-8-26-23-13-20(27-14-28-23)16-3-5-21-17(12-16)7-10-31-21/h3-6,11-14H,7-10H2,1-2H3,(H,26,27,28). The molecule has 0 amide bonds. The van der Waals surface area contributed by atoms with Gasteiger partial charge in [0.15, 0.2) is 0 Å². The molecule has 7 heteroatoms. The highest BCUT2D eigenvalue weighted by Crippen LogP contribution is 2.31. The number of rotatable bonds is 6. The summed E-state index contributed by atoms with van der Waals surface area (Å²) in [5.74, 6) is 2.10. The maximum atomic E-state index is 14.5. The van der Waals surface area contributed by atoms with Crippen molar-refractivity contribution in [2.45, 2.75) is 19.9 Å². The fourth-order valence-corrected chi connectivity index (χ4v) is 4.16. The highest BCUT2D eigenvalue weighted by molar-refractivity contribution is 5.88. The van der Waals surface area contributed by atoms with Gasteiger partial charge in [0.25, 0.3) is 0 Å². The van der Waals surface area contributed by atoms with E-state index >= 15 is 0 Å². The maximum absolute atomic E-state index is 14.5. The summed E-state index contributed by atoms with van der Waals surface area (Å²) in [5.41, 5.74) is 4.63. The molecule has 0 aliphatic carbocycles. The lowest BCUT2D eigenvalue weighted by Crippen LogP contribution is -2.13. The largest absolute Gasteiger partial charge is 0.496 e. The van der Waals surface area contributed by atoms with Crippen molar-refractivity contribution in [3.8, 4) is 22.8 Å². The van der Waals surface area contributed by atoms with Crippen LogP contribution in [0.5, 0.6) is 11.5 Å². The summed E-state index contributed by atoms with van der Waals surface area (Å²) in [7, 11) is 1.60. The predicted octanol–water partition coefficient (Wildman–Crippen LogP) is 4.60. The Labute approximate surface area is 179 Å². The normalized spacial score (nSPS) is 12.6. The number of nitrogens with one attached hydrogen (secondary N) is 1. The molecule has 0 saturated heterocycles. The van der Waals surface area contributed by atoms with Gasteiger partial charge in [-0.25, -0.2) is 14.4 Å². The molecule has 4 aromatic rings. The lowest BCUT2D eigenvalue weighted by atomic mass is 10.1. The van der Waals surface area contributed by atoms with Crippen LogP contribution in [-0.4, -0.2) is 34.8 Å². The van der Waals surface area contributed by atoms with Crippen LogP contribution in [0.2, 0.25) is 0 Å². The summed E-state index contributed by atoms with van der Waals surface area (Å²) in [5, 5.41) is 4.12. The minimum absolute atomic E-state index is 0.256. The van der Waals surface area contributed by atoms with E-state index in [2.05, 4.69) is 21.4 Å². The number of aromatic nitrogens is 3. The molecule has 1 aliphatic rings. The van der Waals surface area contributed by atoms with Crippen LogP contribution in [0.1, 0.15) is 11.3 Å². The van der Waals surface area contributed by atoms with Crippen molar-refractivity contribution in [1.82, 2.24) is 14.5 Å². The minimum Gasteiger partial charge on any atom is -0.496 e. The van der Waals surface area contributed by atoms with Crippen molar-refractivity contribution in [2.24, 2.45) is 0 Å². The van der Waals surface area contributed by atoms with Crippen LogP contribution in [0.4, 0.5) is 10.2 Å². The van der Waals surface area contributed by atoms with Gasteiger partial charge in [0.05, 0.1) is 24.9 Å². The van der Waals surface area contributed by atoms with Gasteiger partial charge in [-0.2, -0.15) is 0 Å². The molecule has 0 saturated carbocycles. The molecule has 6 nitrogen and oxygen atoms in total. The Balaban J connectivity index is 1.34. The second-order valence-corrected chi connectivity index (χ2v) is 7.59. The second kappa shape index (κ2) is 7.91. The van der Waals surface area contributed by atoms with Crippen LogP contribution in [-0.2, 0) is 13.0 Å². The van der Waals surface area contributed by atoms with Gasteiger partial charge >= 0.3 is 0 Å². The van der Waals surface area contributed by atoms with Crippen molar-refractivity contribution >= 4 is 16.7 Å². The van der Waals surface area contributed by atoms with Gasteiger partial charge in [-0.15, -0.1) is 0 Å². The predicted molar refractivity (Wildman–Crippen MR) is 118 cm³/mol. The molecule has 2 aromatic carbocycles. The molecule has 2 aromatic heterocycles. The molecule has 3 heterocycles. The fourth-order valence-electron chi connectivity index (χ4n) is 4.16. The molecular formula is C24H23FN4O2. The van der Waals surface area contributed by atoms with Crippen molar-refractivity contribution in [1.29, 1.82) is 0 Å². The van der Waals surface area contributed by atoms with E-state index in [1.165, 1.54) is 11.6 Å². The number of nitrogens with zero attached hydrogens (tertiary/aromatic N) is 3. The number of anilines is 1. The molecule has 0 spiro atoms. The third-order valence-corrected chi connectivity index (χ3v) is 5.69. The van der Waals surface area contributed by atoms with E-state index in [-0.39, 0.29) is 5.82 Å². The summed E-state index contributed by atoms with van der Waals surface area (Å²) in [6, 6.07) is 13.1. The third kappa shape index (κ3) is 3.56. The summed E-state index contributed by atoms with van der Waals surface area (Å²) < 4.78 is 27.5. The number of hydrogen-bond acceptors (Lipinski definition) is 5. The van der Waals surface area contributed by atoms with Crippen LogP contribution >= 0.6 is 0 Å². The van der Waals surface area contributed by atoms with Gasteiger partial charge < -0.3 is 19.4 Å². The molecule has 0 bridgehead atoms. The van der Waals surface area contributed by atoms with E-state index in [9.17, 15) is 4.39 Å². The SMILES string of the molecule is COc1ccc(F)c2c1cc(C)n2CCNc1cc(-c2ccc3c(c2)CCO3)ncn1. The average molecular weight is 418 g/mol. The number of hydrogen-bond donors (Lipinski definition) is 1. The topological polar surface area (TPSA) is 61.2 Å². The highest BCUT2D eigenvalue weighted by atomic mass is 19.1. The molecule has 0 unspecified atom stereocenters. The van der Waals surface area contributed by atoms with Crippen molar-refractivity contribution in [3.05, 3.63) is 65.9 Å². The zero-order valence-corrected chi connectivity index (χ0v) is 17.5. The Morgan fingerprint density at radius 1 is 1.16 bits per heavy atom. The van der Waals surface area contributed by atoms with Gasteiger partial charge in [-0.05, 0) is 48.9 Å². The molecule has 0 radical (unpaired) electrons. The molecule has 1 N–H and O–H groups in total. The average Bonchev–Trinajstić information content (AvgIpc) is 3.38. The second-order valence-electron chi connectivity index (χ2n) is 7.59. The summed E-state index contributed by atoms with van der Waals surface area (Å²) in [4.78, 5) is 8.75. The van der Waals surface area contributed by atoms with E-state index in [1.54, 1.807) is 19.5 Å². The first-order valence-corrected chi connectivity index (χ1v) is 10.3. The number of benzene rings is 2. The van der Waals surface area contributed by atoms with Gasteiger partial charge in [-0.1, -0.05) is 0 Å². The smallest absolute Gasteiger partial charge is 0.147 e. The quantitative estimate of drug-likeness (QED) is 0.496.